The van der Waals surface area contributed by atoms with E-state index in [-0.39, 0.29) is 18.2 Å². The van der Waals surface area contributed by atoms with Crippen molar-refractivity contribution in [3.8, 4) is 5.75 Å². The molecule has 0 fully saturated rings. The molecular weight excluding hydrogens is 432 g/mol. The van der Waals surface area contributed by atoms with E-state index in [9.17, 15) is 9.59 Å². The van der Waals surface area contributed by atoms with Crippen LogP contribution in [0.3, 0.4) is 0 Å². The summed E-state index contributed by atoms with van der Waals surface area (Å²) in [5.41, 5.74) is 1.85. The van der Waals surface area contributed by atoms with E-state index in [1.807, 2.05) is 48.5 Å². The summed E-state index contributed by atoms with van der Waals surface area (Å²) in [5.74, 6) is 0.528. The monoisotopic (exact) mass is 460 g/mol. The van der Waals surface area contributed by atoms with Gasteiger partial charge in [0.2, 0.25) is 11.8 Å². The maximum atomic E-state index is 13.1. The molecule has 0 bridgehead atoms. The first-order valence-corrected chi connectivity index (χ1v) is 10.7. The molecule has 2 amide bonds. The van der Waals surface area contributed by atoms with Crippen LogP contribution in [0.2, 0.25) is 0 Å². The number of nitrogens with one attached hydrogen (secondary N) is 1. The topological polar surface area (TPSA) is 58.6 Å². The first-order valence-electron chi connectivity index (χ1n) is 9.89. The van der Waals surface area contributed by atoms with Gasteiger partial charge in [-0.25, -0.2) is 0 Å². The van der Waals surface area contributed by atoms with Crippen LogP contribution in [0.5, 0.6) is 5.75 Å². The molecule has 5 nitrogen and oxygen atoms in total. The van der Waals surface area contributed by atoms with Crippen LogP contribution in [-0.4, -0.2) is 36.4 Å². The smallest absolute Gasteiger partial charge is 0.242 e. The molecule has 0 radical (unpaired) electrons. The number of hydrogen-bond acceptors (Lipinski definition) is 3. The van der Waals surface area contributed by atoms with Crippen molar-refractivity contribution in [1.29, 1.82) is 0 Å². The Labute approximate surface area is 181 Å². The molecule has 0 spiro atoms. The van der Waals surface area contributed by atoms with Gasteiger partial charge in [0.1, 0.15) is 11.8 Å². The average Bonchev–Trinajstić information content (AvgIpc) is 2.72. The molecule has 6 heteroatoms. The van der Waals surface area contributed by atoms with Crippen LogP contribution in [0.15, 0.2) is 53.0 Å². The summed E-state index contributed by atoms with van der Waals surface area (Å²) >= 11 is 3.47. The van der Waals surface area contributed by atoms with Crippen molar-refractivity contribution in [3.63, 3.8) is 0 Å². The first-order chi connectivity index (χ1) is 13.9. The van der Waals surface area contributed by atoms with E-state index in [0.717, 1.165) is 34.2 Å². The van der Waals surface area contributed by atoms with Gasteiger partial charge < -0.3 is 15.0 Å². The predicted octanol–water partition coefficient (Wildman–Crippen LogP) is 4.33. The third-order valence-electron chi connectivity index (χ3n) is 4.75. The molecule has 2 aromatic carbocycles. The minimum Gasteiger partial charge on any atom is -0.497 e. The summed E-state index contributed by atoms with van der Waals surface area (Å²) < 4.78 is 6.12. The van der Waals surface area contributed by atoms with Gasteiger partial charge in [0.15, 0.2) is 0 Å². The molecule has 2 aromatic rings. The quantitative estimate of drug-likeness (QED) is 0.536. The standard InChI is InChI=1S/C23H29BrN2O3/c1-4-5-13-25-23(28)17(2)26(16-19-7-6-8-20(24)14-19)22(27)15-18-9-11-21(29-3)12-10-18/h6-12,14,17H,4-5,13,15-16H2,1-3H3,(H,25,28)/t17-/m0/s1. The van der Waals surface area contributed by atoms with E-state index in [2.05, 4.69) is 28.2 Å². The zero-order valence-corrected chi connectivity index (χ0v) is 18.9. The van der Waals surface area contributed by atoms with E-state index in [1.165, 1.54) is 0 Å². The van der Waals surface area contributed by atoms with Crippen molar-refractivity contribution in [2.75, 3.05) is 13.7 Å². The summed E-state index contributed by atoms with van der Waals surface area (Å²) in [7, 11) is 1.61. The number of unbranched alkanes of at least 4 members (excludes halogenated alkanes) is 1. The maximum Gasteiger partial charge on any atom is 0.242 e. The molecular formula is C23H29BrN2O3. The minimum atomic E-state index is -0.559. The summed E-state index contributed by atoms with van der Waals surface area (Å²) in [4.78, 5) is 27.4. The van der Waals surface area contributed by atoms with Crippen LogP contribution in [0.1, 0.15) is 37.8 Å². The molecule has 1 atom stereocenters. The highest BCUT2D eigenvalue weighted by atomic mass is 79.9. The van der Waals surface area contributed by atoms with Crippen LogP contribution in [-0.2, 0) is 22.6 Å². The molecule has 0 aromatic heterocycles. The number of hydrogen-bond donors (Lipinski definition) is 1. The Bertz CT molecular complexity index is 808. The molecule has 0 aliphatic heterocycles. The molecule has 1 N–H and O–H groups in total. The highest BCUT2D eigenvalue weighted by Gasteiger charge is 2.26. The summed E-state index contributed by atoms with van der Waals surface area (Å²) in [6.45, 7) is 4.85. The van der Waals surface area contributed by atoms with Gasteiger partial charge in [-0.1, -0.05) is 53.5 Å². The number of carbonyl (C=O) groups is 2. The normalized spacial score (nSPS) is 11.6. The van der Waals surface area contributed by atoms with Gasteiger partial charge in [0, 0.05) is 17.6 Å². The lowest BCUT2D eigenvalue weighted by Crippen LogP contribution is -2.48. The Morgan fingerprint density at radius 1 is 1.14 bits per heavy atom. The zero-order valence-electron chi connectivity index (χ0n) is 17.3. The lowest BCUT2D eigenvalue weighted by Gasteiger charge is -2.29. The van der Waals surface area contributed by atoms with Gasteiger partial charge >= 0.3 is 0 Å². The van der Waals surface area contributed by atoms with Gasteiger partial charge in [0.05, 0.1) is 13.5 Å². The number of ether oxygens (including phenoxy) is 1. The molecule has 0 heterocycles. The maximum absolute atomic E-state index is 13.1. The van der Waals surface area contributed by atoms with E-state index in [0.29, 0.717) is 13.1 Å². The highest BCUT2D eigenvalue weighted by Crippen LogP contribution is 2.17. The molecule has 0 aliphatic carbocycles. The number of methoxy groups -OCH3 is 1. The van der Waals surface area contributed by atoms with Crippen molar-refractivity contribution < 1.29 is 14.3 Å². The largest absolute Gasteiger partial charge is 0.497 e. The van der Waals surface area contributed by atoms with Crippen molar-refractivity contribution in [2.45, 2.75) is 45.7 Å². The van der Waals surface area contributed by atoms with Gasteiger partial charge in [-0.15, -0.1) is 0 Å². The third kappa shape index (κ3) is 7.20. The fourth-order valence-electron chi connectivity index (χ4n) is 2.97. The molecule has 0 unspecified atom stereocenters. The number of rotatable bonds is 10. The third-order valence-corrected chi connectivity index (χ3v) is 5.25. The average molecular weight is 461 g/mol. The lowest BCUT2D eigenvalue weighted by molar-refractivity contribution is -0.140. The summed E-state index contributed by atoms with van der Waals surface area (Å²) in [6, 6.07) is 14.7. The van der Waals surface area contributed by atoms with E-state index >= 15 is 0 Å². The second-order valence-electron chi connectivity index (χ2n) is 7.00. The number of amides is 2. The Kier molecular flexibility index (Phi) is 9.19. The summed E-state index contributed by atoms with van der Waals surface area (Å²) in [5, 5.41) is 2.94. The molecule has 2 rings (SSSR count). The minimum absolute atomic E-state index is 0.0896. The number of carbonyl (C=O) groups excluding carboxylic acids is 2. The van der Waals surface area contributed by atoms with Crippen LogP contribution < -0.4 is 10.1 Å². The van der Waals surface area contributed by atoms with Crippen molar-refractivity contribution in [1.82, 2.24) is 10.2 Å². The van der Waals surface area contributed by atoms with Crippen LogP contribution in [0.25, 0.3) is 0 Å². The van der Waals surface area contributed by atoms with E-state index < -0.39 is 6.04 Å². The highest BCUT2D eigenvalue weighted by molar-refractivity contribution is 9.10. The second-order valence-corrected chi connectivity index (χ2v) is 7.91. The van der Waals surface area contributed by atoms with E-state index in [1.54, 1.807) is 18.9 Å². The van der Waals surface area contributed by atoms with Gasteiger partial charge in [-0.2, -0.15) is 0 Å². The van der Waals surface area contributed by atoms with Gasteiger partial charge in [-0.3, -0.25) is 9.59 Å². The Balaban J connectivity index is 2.17. The molecule has 0 aliphatic rings. The number of benzene rings is 2. The first kappa shape index (κ1) is 22.9. The Morgan fingerprint density at radius 2 is 1.86 bits per heavy atom. The molecule has 29 heavy (non-hydrogen) atoms. The number of halogens is 1. The fraction of sp³-hybridized carbons (Fsp3) is 0.391. The molecule has 0 saturated carbocycles. The van der Waals surface area contributed by atoms with Crippen LogP contribution in [0.4, 0.5) is 0 Å². The second kappa shape index (κ2) is 11.6. The Morgan fingerprint density at radius 3 is 2.48 bits per heavy atom. The van der Waals surface area contributed by atoms with Crippen LogP contribution in [0, 0.1) is 0 Å². The molecule has 0 saturated heterocycles. The van der Waals surface area contributed by atoms with Crippen molar-refractivity contribution in [3.05, 3.63) is 64.1 Å². The predicted molar refractivity (Wildman–Crippen MR) is 119 cm³/mol. The molecule has 156 valence electrons. The number of nitrogens with zero attached hydrogens (tertiary/aromatic N) is 1. The SMILES string of the molecule is CCCCNC(=O)[C@H](C)N(Cc1cccc(Br)c1)C(=O)Cc1ccc(OC)cc1. The lowest BCUT2D eigenvalue weighted by atomic mass is 10.1. The van der Waals surface area contributed by atoms with Crippen LogP contribution >= 0.6 is 15.9 Å². The van der Waals surface area contributed by atoms with Crippen molar-refractivity contribution >= 4 is 27.7 Å². The van der Waals surface area contributed by atoms with Crippen molar-refractivity contribution in [2.24, 2.45) is 0 Å². The zero-order chi connectivity index (χ0) is 21.2. The van der Waals surface area contributed by atoms with Gasteiger partial charge in [-0.05, 0) is 48.7 Å². The van der Waals surface area contributed by atoms with E-state index in [4.69, 9.17) is 4.74 Å². The van der Waals surface area contributed by atoms with Gasteiger partial charge in [0.25, 0.3) is 0 Å². The summed E-state index contributed by atoms with van der Waals surface area (Å²) in [6.07, 6.45) is 2.15. The Hall–Kier alpha value is -2.34. The fourth-order valence-corrected chi connectivity index (χ4v) is 3.42.